The van der Waals surface area contributed by atoms with Crippen molar-refractivity contribution >= 4 is 11.8 Å². The lowest BCUT2D eigenvalue weighted by molar-refractivity contribution is 0.158. The van der Waals surface area contributed by atoms with Crippen molar-refractivity contribution in [1.82, 2.24) is 15.0 Å². The number of rotatable bonds is 5. The lowest BCUT2D eigenvalue weighted by Gasteiger charge is -2.14. The molecule has 1 amide bonds. The van der Waals surface area contributed by atoms with E-state index in [1.54, 1.807) is 35.1 Å². The predicted octanol–water partition coefficient (Wildman–Crippen LogP) is 4.12. The number of ether oxygens (including phenoxy) is 1. The molecule has 1 aromatic heterocycles. The molecule has 4 aromatic rings. The summed E-state index contributed by atoms with van der Waals surface area (Å²) in [5.74, 6) is 0.0218. The first-order valence-electron chi connectivity index (χ1n) is 9.97. The molecule has 0 atom stereocenters. The van der Waals surface area contributed by atoms with Crippen LogP contribution in [0, 0.1) is 0 Å². The summed E-state index contributed by atoms with van der Waals surface area (Å²) in [5.41, 5.74) is 6.61. The number of anilines is 1. The Bertz CT molecular complexity index is 1190. The third kappa shape index (κ3) is 3.67. The first-order chi connectivity index (χ1) is 15.2. The van der Waals surface area contributed by atoms with Crippen LogP contribution in [0.25, 0.3) is 16.8 Å². The smallest absolute Gasteiger partial charge is 0.411 e. The Balaban J connectivity index is 1.24. The van der Waals surface area contributed by atoms with Gasteiger partial charge in [0.2, 0.25) is 0 Å². The van der Waals surface area contributed by atoms with E-state index >= 15 is 0 Å². The van der Waals surface area contributed by atoms with Gasteiger partial charge >= 0.3 is 6.09 Å². The fourth-order valence-electron chi connectivity index (χ4n) is 3.95. The number of carbonyl (C=O) groups is 1. The summed E-state index contributed by atoms with van der Waals surface area (Å²) in [5, 5.41) is 19.7. The van der Waals surface area contributed by atoms with Gasteiger partial charge in [-0.3, -0.25) is 5.32 Å². The number of aliphatic hydroxyl groups is 1. The van der Waals surface area contributed by atoms with E-state index in [-0.39, 0.29) is 19.1 Å². The zero-order valence-electron chi connectivity index (χ0n) is 16.6. The number of benzene rings is 3. The van der Waals surface area contributed by atoms with Crippen LogP contribution in [-0.4, -0.2) is 32.8 Å². The van der Waals surface area contributed by atoms with E-state index in [0.717, 1.165) is 5.69 Å². The number of aliphatic hydroxyl groups excluding tert-OH is 1. The van der Waals surface area contributed by atoms with Crippen LogP contribution in [0.4, 0.5) is 10.5 Å². The third-order valence-corrected chi connectivity index (χ3v) is 5.42. The SMILES string of the molecule is O=C(Nc1ccc(-n2cc(CO)nn2)cc1)OCC1c2ccccc2-c2ccccc21. The number of carbonyl (C=O) groups excluding carboxylic acids is 1. The number of fused-ring (bicyclic) bond motifs is 3. The average Bonchev–Trinajstić information content (AvgIpc) is 3.41. The van der Waals surface area contributed by atoms with E-state index in [0.29, 0.717) is 11.4 Å². The van der Waals surface area contributed by atoms with Gasteiger partial charge in [0, 0.05) is 11.6 Å². The molecule has 0 unspecified atom stereocenters. The lowest BCUT2D eigenvalue weighted by atomic mass is 9.98. The van der Waals surface area contributed by atoms with Gasteiger partial charge in [0.1, 0.15) is 12.3 Å². The molecule has 7 nitrogen and oxygen atoms in total. The molecular formula is C24H20N4O3. The topological polar surface area (TPSA) is 89.3 Å². The van der Waals surface area contributed by atoms with Crippen molar-refractivity contribution in [2.75, 3.05) is 11.9 Å². The Morgan fingerprint density at radius 1 is 0.968 bits per heavy atom. The van der Waals surface area contributed by atoms with Crippen molar-refractivity contribution in [3.05, 3.63) is 95.8 Å². The van der Waals surface area contributed by atoms with Gasteiger partial charge < -0.3 is 9.84 Å². The fraction of sp³-hybridized carbons (Fsp3) is 0.125. The van der Waals surface area contributed by atoms with Crippen LogP contribution < -0.4 is 5.32 Å². The van der Waals surface area contributed by atoms with Crippen molar-refractivity contribution in [2.45, 2.75) is 12.5 Å². The largest absolute Gasteiger partial charge is 0.448 e. The maximum absolute atomic E-state index is 12.4. The van der Waals surface area contributed by atoms with Gasteiger partial charge in [-0.25, -0.2) is 9.48 Å². The zero-order chi connectivity index (χ0) is 21.2. The molecule has 0 saturated carbocycles. The summed E-state index contributed by atoms with van der Waals surface area (Å²) in [6.07, 6.45) is 1.14. The van der Waals surface area contributed by atoms with Crippen LogP contribution in [0.5, 0.6) is 0 Å². The number of aromatic nitrogens is 3. The molecule has 0 fully saturated rings. The van der Waals surface area contributed by atoms with Gasteiger partial charge in [-0.05, 0) is 46.5 Å². The molecule has 2 N–H and O–H groups in total. The minimum Gasteiger partial charge on any atom is -0.448 e. The highest BCUT2D eigenvalue weighted by molar-refractivity contribution is 5.85. The molecule has 0 spiro atoms. The van der Waals surface area contributed by atoms with E-state index in [2.05, 4.69) is 39.9 Å². The molecule has 0 bridgehead atoms. The number of hydrogen-bond donors (Lipinski definition) is 2. The normalized spacial score (nSPS) is 12.3. The second kappa shape index (κ2) is 8.04. The van der Waals surface area contributed by atoms with Crippen LogP contribution in [0.2, 0.25) is 0 Å². The van der Waals surface area contributed by atoms with E-state index in [1.165, 1.54) is 22.3 Å². The van der Waals surface area contributed by atoms with Crippen molar-refractivity contribution in [3.8, 4) is 16.8 Å². The van der Waals surface area contributed by atoms with E-state index in [4.69, 9.17) is 9.84 Å². The minimum absolute atomic E-state index is 0.0218. The summed E-state index contributed by atoms with van der Waals surface area (Å²) in [4.78, 5) is 12.4. The minimum atomic E-state index is -0.502. The highest BCUT2D eigenvalue weighted by atomic mass is 16.5. The molecule has 0 radical (unpaired) electrons. The maximum Gasteiger partial charge on any atom is 0.411 e. The Morgan fingerprint density at radius 3 is 2.23 bits per heavy atom. The van der Waals surface area contributed by atoms with Crippen molar-refractivity contribution in [1.29, 1.82) is 0 Å². The quantitative estimate of drug-likeness (QED) is 0.515. The first-order valence-corrected chi connectivity index (χ1v) is 9.97. The van der Waals surface area contributed by atoms with E-state index in [1.807, 2.05) is 24.3 Å². The van der Waals surface area contributed by atoms with Crippen LogP contribution in [0.1, 0.15) is 22.7 Å². The van der Waals surface area contributed by atoms with Crippen LogP contribution in [-0.2, 0) is 11.3 Å². The monoisotopic (exact) mass is 412 g/mol. The van der Waals surface area contributed by atoms with Gasteiger partial charge in [0.15, 0.2) is 0 Å². The van der Waals surface area contributed by atoms with E-state index < -0.39 is 6.09 Å². The van der Waals surface area contributed by atoms with Crippen molar-refractivity contribution in [3.63, 3.8) is 0 Å². The second-order valence-electron chi connectivity index (χ2n) is 7.31. The van der Waals surface area contributed by atoms with Gasteiger partial charge in [0.25, 0.3) is 0 Å². The summed E-state index contributed by atoms with van der Waals surface area (Å²) in [7, 11) is 0. The average molecular weight is 412 g/mol. The molecular weight excluding hydrogens is 392 g/mol. The second-order valence-corrected chi connectivity index (χ2v) is 7.31. The van der Waals surface area contributed by atoms with E-state index in [9.17, 15) is 4.79 Å². The summed E-state index contributed by atoms with van der Waals surface area (Å²) >= 11 is 0. The Labute approximate surface area is 178 Å². The van der Waals surface area contributed by atoms with Gasteiger partial charge in [-0.1, -0.05) is 53.7 Å². The highest BCUT2D eigenvalue weighted by Gasteiger charge is 2.28. The van der Waals surface area contributed by atoms with Crippen molar-refractivity contribution in [2.24, 2.45) is 0 Å². The maximum atomic E-state index is 12.4. The third-order valence-electron chi connectivity index (χ3n) is 5.42. The zero-order valence-corrected chi connectivity index (χ0v) is 16.6. The summed E-state index contributed by atoms with van der Waals surface area (Å²) < 4.78 is 7.13. The molecule has 0 aliphatic heterocycles. The fourth-order valence-corrected chi connectivity index (χ4v) is 3.95. The standard InChI is InChI=1S/C24H20N4O3/c29-14-17-13-28(27-26-17)18-11-9-16(10-12-18)25-24(30)31-15-23-21-7-3-1-5-19(21)20-6-2-4-8-22(20)23/h1-13,23,29H,14-15H2,(H,25,30). The molecule has 1 heterocycles. The van der Waals surface area contributed by atoms with Crippen molar-refractivity contribution < 1.29 is 14.6 Å². The summed E-state index contributed by atoms with van der Waals surface area (Å²) in [6.45, 7) is 0.0995. The van der Waals surface area contributed by atoms with Gasteiger partial charge in [0.05, 0.1) is 18.5 Å². The molecule has 0 saturated heterocycles. The van der Waals surface area contributed by atoms with Crippen LogP contribution >= 0.6 is 0 Å². The highest BCUT2D eigenvalue weighted by Crippen LogP contribution is 2.44. The Morgan fingerprint density at radius 2 is 1.61 bits per heavy atom. The molecule has 1 aliphatic rings. The lowest BCUT2D eigenvalue weighted by Crippen LogP contribution is -2.17. The first kappa shape index (κ1) is 19.0. The van der Waals surface area contributed by atoms with Crippen LogP contribution in [0.3, 0.4) is 0 Å². The molecule has 31 heavy (non-hydrogen) atoms. The number of nitrogens with zero attached hydrogens (tertiary/aromatic N) is 3. The Hall–Kier alpha value is -3.97. The van der Waals surface area contributed by atoms with Gasteiger partial charge in [-0.2, -0.15) is 0 Å². The van der Waals surface area contributed by atoms with Gasteiger partial charge in [-0.15, -0.1) is 5.10 Å². The predicted molar refractivity (Wildman–Crippen MR) is 116 cm³/mol. The molecule has 7 heteroatoms. The van der Waals surface area contributed by atoms with Crippen LogP contribution in [0.15, 0.2) is 79.0 Å². The number of hydrogen-bond acceptors (Lipinski definition) is 5. The molecule has 1 aliphatic carbocycles. The number of amides is 1. The molecule has 154 valence electrons. The molecule has 5 rings (SSSR count). The molecule has 3 aromatic carbocycles. The Kier molecular flexibility index (Phi) is 4.93. The summed E-state index contributed by atoms with van der Waals surface area (Å²) in [6, 6.07) is 23.6. The number of nitrogens with one attached hydrogen (secondary N) is 1.